The van der Waals surface area contributed by atoms with Crippen LogP contribution in [-0.4, -0.2) is 43.5 Å². The Balaban J connectivity index is 1.57. The van der Waals surface area contributed by atoms with Crippen molar-refractivity contribution in [2.75, 3.05) is 32.3 Å². The van der Waals surface area contributed by atoms with E-state index in [9.17, 15) is 4.79 Å². The maximum atomic E-state index is 14.9. The summed E-state index contributed by atoms with van der Waals surface area (Å²) in [5.41, 5.74) is 5.93. The molecule has 0 aliphatic carbocycles. The molecule has 3 atom stereocenters. The molecule has 5 nitrogen and oxygen atoms in total. The van der Waals surface area contributed by atoms with Gasteiger partial charge in [-0.3, -0.25) is 14.5 Å². The second kappa shape index (κ2) is 11.0. The molecule has 4 aromatic carbocycles. The average Bonchev–Trinajstić information content (AvgIpc) is 3.32. The molecule has 6 rings (SSSR count). The van der Waals surface area contributed by atoms with Gasteiger partial charge in [-0.1, -0.05) is 96.1 Å². The van der Waals surface area contributed by atoms with Gasteiger partial charge in [0.1, 0.15) is 5.75 Å². The zero-order valence-corrected chi connectivity index (χ0v) is 24.1. The van der Waals surface area contributed by atoms with Crippen molar-refractivity contribution in [3.8, 4) is 5.75 Å². The van der Waals surface area contributed by atoms with Crippen LogP contribution in [0.4, 0.5) is 5.69 Å². The summed E-state index contributed by atoms with van der Waals surface area (Å²) in [6, 6.07) is 34.9. The number of ketones is 1. The molecule has 5 heteroatoms. The van der Waals surface area contributed by atoms with Gasteiger partial charge in [0.05, 0.1) is 24.8 Å². The van der Waals surface area contributed by atoms with E-state index in [-0.39, 0.29) is 17.7 Å². The summed E-state index contributed by atoms with van der Waals surface area (Å²) in [6.07, 6.45) is 1.97. The Kier molecular flexibility index (Phi) is 7.24. The maximum Gasteiger partial charge on any atom is 0.196 e. The number of hydrogen-bond donors (Lipinski definition) is 0. The number of Topliss-reactive ketones (excluding diaryl/α,β-unsaturated/α-hetero) is 1. The number of carbonyl (C=O) groups is 1. The third-order valence-electron chi connectivity index (χ3n) is 8.29. The fraction of sp³-hybridized carbons (Fsp3) is 0.250. The van der Waals surface area contributed by atoms with Gasteiger partial charge < -0.3 is 4.74 Å². The molecule has 0 saturated carbocycles. The Morgan fingerprint density at radius 1 is 0.829 bits per heavy atom. The molecule has 2 aliphatic heterocycles. The Bertz CT molecular complexity index is 1560. The van der Waals surface area contributed by atoms with Gasteiger partial charge in [-0.25, -0.2) is 5.06 Å². The summed E-state index contributed by atoms with van der Waals surface area (Å²) in [7, 11) is 3.72. The second-order valence-electron chi connectivity index (χ2n) is 11.3. The number of benzene rings is 4. The van der Waals surface area contributed by atoms with Crippen LogP contribution < -0.4 is 9.80 Å². The topological polar surface area (TPSA) is 42.0 Å². The quantitative estimate of drug-likeness (QED) is 0.255. The highest BCUT2D eigenvalue weighted by Gasteiger charge is 2.62. The minimum atomic E-state index is -1.14. The number of methoxy groups -OCH3 is 1. The summed E-state index contributed by atoms with van der Waals surface area (Å²) in [4.78, 5) is 24.1. The van der Waals surface area contributed by atoms with Crippen LogP contribution in [0.5, 0.6) is 5.75 Å². The van der Waals surface area contributed by atoms with Gasteiger partial charge in [-0.2, -0.15) is 0 Å². The van der Waals surface area contributed by atoms with Gasteiger partial charge >= 0.3 is 0 Å². The first kappa shape index (κ1) is 27.0. The van der Waals surface area contributed by atoms with Gasteiger partial charge in [0, 0.05) is 24.2 Å². The molecule has 208 valence electrons. The fourth-order valence-electron chi connectivity index (χ4n) is 6.34. The van der Waals surface area contributed by atoms with Crippen molar-refractivity contribution >= 4 is 17.5 Å². The maximum absolute atomic E-state index is 14.9. The van der Waals surface area contributed by atoms with Crippen LogP contribution in [0.2, 0.25) is 0 Å². The Labute approximate surface area is 242 Å². The van der Waals surface area contributed by atoms with Gasteiger partial charge in [0.2, 0.25) is 0 Å². The third kappa shape index (κ3) is 4.96. The van der Waals surface area contributed by atoms with Crippen LogP contribution >= 0.6 is 0 Å². The van der Waals surface area contributed by atoms with Crippen molar-refractivity contribution in [1.82, 2.24) is 4.90 Å². The molecule has 2 heterocycles. The highest BCUT2D eigenvalue weighted by Crippen LogP contribution is 2.55. The van der Waals surface area contributed by atoms with Crippen LogP contribution in [0.1, 0.15) is 39.8 Å². The lowest BCUT2D eigenvalue weighted by atomic mass is 9.70. The van der Waals surface area contributed by atoms with Gasteiger partial charge in [-0.15, -0.1) is 0 Å². The molecule has 1 spiro atoms. The minimum Gasteiger partial charge on any atom is -0.496 e. The molecule has 1 unspecified atom stereocenters. The number of rotatable bonds is 5. The summed E-state index contributed by atoms with van der Waals surface area (Å²) in [5.74, 6) is 0.492. The summed E-state index contributed by atoms with van der Waals surface area (Å²) in [5, 5.41) is 1.98. The monoisotopic (exact) mass is 544 g/mol. The van der Waals surface area contributed by atoms with Crippen LogP contribution in [0.3, 0.4) is 0 Å². The van der Waals surface area contributed by atoms with Crippen LogP contribution in [0.25, 0.3) is 6.08 Å². The van der Waals surface area contributed by atoms with Crippen molar-refractivity contribution in [2.24, 2.45) is 0 Å². The Morgan fingerprint density at radius 2 is 1.44 bits per heavy atom. The predicted octanol–water partition coefficient (Wildman–Crippen LogP) is 6.93. The highest BCUT2D eigenvalue weighted by atomic mass is 16.7. The van der Waals surface area contributed by atoms with E-state index in [4.69, 9.17) is 9.57 Å². The third-order valence-corrected chi connectivity index (χ3v) is 8.29. The Hall–Kier alpha value is -4.19. The number of piperidine rings is 1. The van der Waals surface area contributed by atoms with Crippen LogP contribution in [0.15, 0.2) is 109 Å². The molecule has 0 N–H and O–H groups in total. The SMILES string of the molecule is COc1ccccc1/C=C1\CN(C)CC2(ON(c3ccccc3)[C@@H](c3ccc(C)cc3)[C@@H]2c2ccc(C)cc2)C1=O. The smallest absolute Gasteiger partial charge is 0.196 e. The number of likely N-dealkylation sites (tertiary alicyclic amines) is 1. The van der Waals surface area contributed by atoms with Crippen LogP contribution in [0, 0.1) is 13.8 Å². The zero-order chi connectivity index (χ0) is 28.6. The molecule has 0 aromatic heterocycles. The van der Waals surface area contributed by atoms with E-state index < -0.39 is 5.60 Å². The number of hydrogen-bond acceptors (Lipinski definition) is 5. The first-order chi connectivity index (χ1) is 19.9. The van der Waals surface area contributed by atoms with Crippen LogP contribution in [-0.2, 0) is 9.63 Å². The number of hydroxylamine groups is 1. The Morgan fingerprint density at radius 3 is 2.10 bits per heavy atom. The molecule has 2 aliphatic rings. The minimum absolute atomic E-state index is 0.0163. The van der Waals surface area contributed by atoms with Crippen molar-refractivity contribution in [1.29, 1.82) is 0 Å². The van der Waals surface area contributed by atoms with Gasteiger partial charge in [-0.05, 0) is 56.3 Å². The van der Waals surface area contributed by atoms with Crippen molar-refractivity contribution in [3.05, 3.63) is 137 Å². The molecule has 0 radical (unpaired) electrons. The van der Waals surface area contributed by atoms with Crippen molar-refractivity contribution in [3.63, 3.8) is 0 Å². The number of ether oxygens (including phenoxy) is 1. The van der Waals surface area contributed by atoms with E-state index in [1.54, 1.807) is 7.11 Å². The fourth-order valence-corrected chi connectivity index (χ4v) is 6.34. The van der Waals surface area contributed by atoms with E-state index in [0.29, 0.717) is 18.7 Å². The molecule has 0 amide bonds. The lowest BCUT2D eigenvalue weighted by Gasteiger charge is -2.41. The van der Waals surface area contributed by atoms with E-state index in [2.05, 4.69) is 86.5 Å². The lowest BCUT2D eigenvalue weighted by Crippen LogP contribution is -2.57. The molecule has 41 heavy (non-hydrogen) atoms. The zero-order valence-electron chi connectivity index (χ0n) is 24.1. The van der Waals surface area contributed by atoms with E-state index in [0.717, 1.165) is 28.1 Å². The van der Waals surface area contributed by atoms with Gasteiger partial charge in [0.25, 0.3) is 0 Å². The molecule has 4 aromatic rings. The van der Waals surface area contributed by atoms with Crippen molar-refractivity contribution in [2.45, 2.75) is 31.4 Å². The van der Waals surface area contributed by atoms with E-state index in [1.807, 2.05) is 53.6 Å². The average molecular weight is 545 g/mol. The first-order valence-corrected chi connectivity index (χ1v) is 14.1. The number of aryl methyl sites for hydroxylation is 2. The number of likely N-dealkylation sites (N-methyl/N-ethyl adjacent to an activating group) is 1. The summed E-state index contributed by atoms with van der Waals surface area (Å²) >= 11 is 0. The molecule has 2 saturated heterocycles. The number of carbonyl (C=O) groups excluding carboxylic acids is 1. The van der Waals surface area contributed by atoms with E-state index in [1.165, 1.54) is 11.1 Å². The molecule has 2 fully saturated rings. The summed E-state index contributed by atoms with van der Waals surface area (Å²) < 4.78 is 5.62. The van der Waals surface area contributed by atoms with Crippen molar-refractivity contribution < 1.29 is 14.4 Å². The number of para-hydroxylation sites is 2. The largest absolute Gasteiger partial charge is 0.496 e. The predicted molar refractivity (Wildman–Crippen MR) is 164 cm³/mol. The summed E-state index contributed by atoms with van der Waals surface area (Å²) in [6.45, 7) is 5.19. The number of nitrogens with zero attached hydrogens (tertiary/aromatic N) is 2. The highest BCUT2D eigenvalue weighted by molar-refractivity contribution is 6.08. The lowest BCUT2D eigenvalue weighted by molar-refractivity contribution is -0.143. The first-order valence-electron chi connectivity index (χ1n) is 14.1. The molecular formula is C36H36N2O3. The van der Waals surface area contributed by atoms with E-state index >= 15 is 0 Å². The second-order valence-corrected chi connectivity index (χ2v) is 11.3. The van der Waals surface area contributed by atoms with Gasteiger partial charge in [0.15, 0.2) is 11.4 Å². The standard InChI is InChI=1S/C36H36N2O3/c1-25-14-18-27(19-15-25)33-34(28-20-16-26(2)17-21-28)38(31-11-6-5-7-12-31)41-36(33)24-37(3)23-30(35(36)39)22-29-10-8-9-13-32(29)40-4/h5-22,33-34H,23-24H2,1-4H3/b30-22+/t33-,34-,36?/m0/s1. The normalized spacial score (nSPS) is 23.9. The number of anilines is 1. The molecular weight excluding hydrogens is 508 g/mol. The molecule has 0 bridgehead atoms.